The monoisotopic (exact) mass is 305 g/mol. The van der Waals surface area contributed by atoms with Gasteiger partial charge in [-0.3, -0.25) is 0 Å². The Bertz CT molecular complexity index is 623. The van der Waals surface area contributed by atoms with Crippen molar-refractivity contribution in [2.24, 2.45) is 0 Å². The fraction of sp³-hybridized carbons (Fsp3) is 0.375. The van der Waals surface area contributed by atoms with Crippen molar-refractivity contribution >= 4 is 11.3 Å². The molecule has 0 radical (unpaired) electrons. The molecule has 5 heteroatoms. The lowest BCUT2D eigenvalue weighted by atomic mass is 9.91. The molecule has 2 N–H and O–H groups in total. The molecule has 0 unspecified atom stereocenters. The van der Waals surface area contributed by atoms with Gasteiger partial charge < -0.3 is 19.9 Å². The van der Waals surface area contributed by atoms with E-state index < -0.39 is 0 Å². The number of fused-ring (bicyclic) bond motifs is 1. The molecule has 2 aromatic rings. The highest BCUT2D eigenvalue weighted by Gasteiger charge is 2.22. The Hall–Kier alpha value is -1.72. The van der Waals surface area contributed by atoms with Crippen molar-refractivity contribution in [3.63, 3.8) is 0 Å². The third-order valence-corrected chi connectivity index (χ3v) is 4.88. The molecule has 0 fully saturated rings. The van der Waals surface area contributed by atoms with E-state index >= 15 is 0 Å². The second-order valence-electron chi connectivity index (χ2n) is 5.80. The lowest BCUT2D eigenvalue weighted by molar-refractivity contribution is 0.174. The van der Waals surface area contributed by atoms with E-state index in [-0.39, 0.29) is 18.0 Å². The van der Waals surface area contributed by atoms with Crippen LogP contribution in [0.5, 0.6) is 17.2 Å². The van der Waals surface area contributed by atoms with Crippen LogP contribution in [-0.4, -0.2) is 18.4 Å². The van der Waals surface area contributed by atoms with E-state index in [0.29, 0.717) is 18.0 Å². The predicted molar refractivity (Wildman–Crippen MR) is 83.3 cm³/mol. The Balaban J connectivity index is 1.63. The molecule has 0 saturated carbocycles. The Labute approximate surface area is 128 Å². The summed E-state index contributed by atoms with van der Waals surface area (Å²) in [4.78, 5) is 1.35. The van der Waals surface area contributed by atoms with Crippen LogP contribution in [-0.2, 0) is 12.0 Å². The van der Waals surface area contributed by atoms with E-state index in [1.165, 1.54) is 4.88 Å². The van der Waals surface area contributed by atoms with Gasteiger partial charge in [0.2, 0.25) is 6.79 Å². The molecule has 3 rings (SSSR count). The van der Waals surface area contributed by atoms with E-state index in [4.69, 9.17) is 9.47 Å². The molecule has 0 aliphatic carbocycles. The van der Waals surface area contributed by atoms with E-state index in [9.17, 15) is 5.11 Å². The summed E-state index contributed by atoms with van der Waals surface area (Å²) in [7, 11) is 0. The highest BCUT2D eigenvalue weighted by atomic mass is 32.1. The van der Waals surface area contributed by atoms with Crippen molar-refractivity contribution in [3.05, 3.63) is 40.1 Å². The van der Waals surface area contributed by atoms with Gasteiger partial charge in [0.25, 0.3) is 0 Å². The first-order valence-electron chi connectivity index (χ1n) is 6.92. The Morgan fingerprint density at radius 1 is 1.29 bits per heavy atom. The second-order valence-corrected chi connectivity index (χ2v) is 6.75. The van der Waals surface area contributed by atoms with Gasteiger partial charge in [0.15, 0.2) is 11.5 Å². The SMILES string of the molecule is CC(C)(CNCc1cc2c(cc1O)OCO2)c1cccs1. The first-order valence-corrected chi connectivity index (χ1v) is 7.80. The molecule has 0 bridgehead atoms. The zero-order valence-corrected chi connectivity index (χ0v) is 13.0. The number of rotatable bonds is 5. The summed E-state index contributed by atoms with van der Waals surface area (Å²) in [6.45, 7) is 6.08. The number of phenols is 1. The van der Waals surface area contributed by atoms with Gasteiger partial charge in [-0.1, -0.05) is 19.9 Å². The van der Waals surface area contributed by atoms with Crippen LogP contribution in [0.25, 0.3) is 0 Å². The first kappa shape index (κ1) is 14.2. The van der Waals surface area contributed by atoms with Gasteiger partial charge >= 0.3 is 0 Å². The Morgan fingerprint density at radius 2 is 2.05 bits per heavy atom. The maximum atomic E-state index is 10.0. The van der Waals surface area contributed by atoms with Crippen molar-refractivity contribution in [2.45, 2.75) is 25.8 Å². The highest BCUT2D eigenvalue weighted by molar-refractivity contribution is 7.10. The average Bonchev–Trinajstić information content (AvgIpc) is 3.08. The van der Waals surface area contributed by atoms with Gasteiger partial charge in [-0.2, -0.15) is 0 Å². The number of thiophene rings is 1. The quantitative estimate of drug-likeness (QED) is 0.890. The Morgan fingerprint density at radius 3 is 2.76 bits per heavy atom. The average molecular weight is 305 g/mol. The molecule has 1 aliphatic heterocycles. The van der Waals surface area contributed by atoms with E-state index in [2.05, 4.69) is 36.7 Å². The lowest BCUT2D eigenvalue weighted by Gasteiger charge is -2.24. The highest BCUT2D eigenvalue weighted by Crippen LogP contribution is 2.37. The van der Waals surface area contributed by atoms with E-state index in [0.717, 1.165) is 12.1 Å². The number of hydrogen-bond donors (Lipinski definition) is 2. The third kappa shape index (κ3) is 2.99. The Kier molecular flexibility index (Phi) is 3.78. The molecule has 4 nitrogen and oxygen atoms in total. The second kappa shape index (κ2) is 5.58. The molecule has 2 heterocycles. The predicted octanol–water partition coefficient (Wildman–Crippen LogP) is 3.25. The molecule has 0 atom stereocenters. The summed E-state index contributed by atoms with van der Waals surface area (Å²) in [6.07, 6.45) is 0. The van der Waals surface area contributed by atoms with Crippen LogP contribution in [0.15, 0.2) is 29.6 Å². The number of aromatic hydroxyl groups is 1. The van der Waals surface area contributed by atoms with Gasteiger partial charge in [-0.25, -0.2) is 0 Å². The smallest absolute Gasteiger partial charge is 0.231 e. The molecular formula is C16H19NO3S. The van der Waals surface area contributed by atoms with Crippen LogP contribution in [0.1, 0.15) is 24.3 Å². The van der Waals surface area contributed by atoms with Crippen molar-refractivity contribution in [3.8, 4) is 17.2 Å². The van der Waals surface area contributed by atoms with Gasteiger partial charge in [0.05, 0.1) is 0 Å². The molecule has 1 aliphatic rings. The molecule has 0 amide bonds. The normalized spacial score (nSPS) is 13.6. The molecule has 1 aromatic carbocycles. The van der Waals surface area contributed by atoms with Crippen LogP contribution < -0.4 is 14.8 Å². The van der Waals surface area contributed by atoms with Crippen LogP contribution >= 0.6 is 11.3 Å². The van der Waals surface area contributed by atoms with Gasteiger partial charge in [-0.15, -0.1) is 11.3 Å². The van der Waals surface area contributed by atoms with Gasteiger partial charge in [-0.05, 0) is 17.5 Å². The van der Waals surface area contributed by atoms with E-state index in [1.807, 2.05) is 6.07 Å². The van der Waals surface area contributed by atoms with Crippen molar-refractivity contribution in [2.75, 3.05) is 13.3 Å². The number of ether oxygens (including phenoxy) is 2. The minimum absolute atomic E-state index is 0.0696. The summed E-state index contributed by atoms with van der Waals surface area (Å²) in [5.41, 5.74) is 0.890. The summed E-state index contributed by atoms with van der Waals surface area (Å²) in [6, 6.07) is 7.68. The number of hydrogen-bond acceptors (Lipinski definition) is 5. The molecule has 0 saturated heterocycles. The summed E-state index contributed by atoms with van der Waals surface area (Å²) in [5, 5.41) is 15.5. The lowest BCUT2D eigenvalue weighted by Crippen LogP contribution is -2.31. The first-order chi connectivity index (χ1) is 10.1. The molecule has 0 spiro atoms. The van der Waals surface area contributed by atoms with E-state index in [1.54, 1.807) is 17.4 Å². The van der Waals surface area contributed by atoms with Crippen LogP contribution in [0.4, 0.5) is 0 Å². The zero-order chi connectivity index (χ0) is 14.9. The zero-order valence-electron chi connectivity index (χ0n) is 12.2. The van der Waals surface area contributed by atoms with Crippen molar-refractivity contribution in [1.82, 2.24) is 5.32 Å². The molecule has 112 valence electrons. The molecular weight excluding hydrogens is 286 g/mol. The van der Waals surface area contributed by atoms with Crippen molar-refractivity contribution < 1.29 is 14.6 Å². The fourth-order valence-electron chi connectivity index (χ4n) is 2.38. The van der Waals surface area contributed by atoms with Crippen LogP contribution in [0.3, 0.4) is 0 Å². The summed E-state index contributed by atoms with van der Waals surface area (Å²) < 4.78 is 10.6. The van der Waals surface area contributed by atoms with Gasteiger partial charge in [0, 0.05) is 35.0 Å². The fourth-order valence-corrected chi connectivity index (χ4v) is 3.23. The minimum atomic E-state index is 0.0696. The summed E-state index contributed by atoms with van der Waals surface area (Å²) >= 11 is 1.77. The van der Waals surface area contributed by atoms with Crippen molar-refractivity contribution in [1.29, 1.82) is 0 Å². The summed E-state index contributed by atoms with van der Waals surface area (Å²) in [5.74, 6) is 1.54. The minimum Gasteiger partial charge on any atom is -0.507 e. The number of benzene rings is 1. The maximum Gasteiger partial charge on any atom is 0.231 e. The third-order valence-electron chi connectivity index (χ3n) is 3.64. The number of phenolic OH excluding ortho intramolecular Hbond substituents is 1. The molecule has 21 heavy (non-hydrogen) atoms. The van der Waals surface area contributed by atoms with Crippen LogP contribution in [0, 0.1) is 0 Å². The molecule has 1 aromatic heterocycles. The number of nitrogens with one attached hydrogen (secondary N) is 1. The maximum absolute atomic E-state index is 10.0. The largest absolute Gasteiger partial charge is 0.507 e. The standard InChI is InChI=1S/C16H19NO3S/c1-16(2,15-4-3-5-21-15)9-17-8-11-6-13-14(7-12(11)18)20-10-19-13/h3-7,17-18H,8-10H2,1-2H3. The topological polar surface area (TPSA) is 50.7 Å². The van der Waals surface area contributed by atoms with Gasteiger partial charge in [0.1, 0.15) is 5.75 Å². The van der Waals surface area contributed by atoms with Crippen LogP contribution in [0.2, 0.25) is 0 Å².